The predicted molar refractivity (Wildman–Crippen MR) is 123 cm³/mol. The highest BCUT2D eigenvalue weighted by Crippen LogP contribution is 2.34. The zero-order valence-electron chi connectivity index (χ0n) is 17.3. The van der Waals surface area contributed by atoms with E-state index in [9.17, 15) is 4.79 Å². The Bertz CT molecular complexity index is 1420. The normalized spacial score (nSPS) is 11.0. The SMILES string of the molecule is COc1ccc(-c2c(C)[nH]c3c(-c4ccccc4)c(-c4ccccc4)nn3c2=O)cc1. The lowest BCUT2D eigenvalue weighted by atomic mass is 10.0. The van der Waals surface area contributed by atoms with E-state index in [0.717, 1.165) is 39.4 Å². The predicted octanol–water partition coefficient (Wildman–Crippen LogP) is 5.34. The maximum absolute atomic E-state index is 13.6. The van der Waals surface area contributed by atoms with Crippen molar-refractivity contribution in [3.05, 3.63) is 101 Å². The molecule has 0 bridgehead atoms. The average molecular weight is 407 g/mol. The fraction of sp³-hybridized carbons (Fsp3) is 0.0769. The smallest absolute Gasteiger partial charge is 0.282 e. The maximum atomic E-state index is 13.6. The maximum Gasteiger partial charge on any atom is 0.282 e. The topological polar surface area (TPSA) is 59.4 Å². The molecule has 2 aromatic heterocycles. The van der Waals surface area contributed by atoms with Gasteiger partial charge in [-0.25, -0.2) is 0 Å². The third-order valence-corrected chi connectivity index (χ3v) is 5.46. The van der Waals surface area contributed by atoms with Gasteiger partial charge in [0.1, 0.15) is 17.1 Å². The van der Waals surface area contributed by atoms with Crippen molar-refractivity contribution >= 4 is 5.65 Å². The average Bonchev–Trinajstić information content (AvgIpc) is 3.20. The van der Waals surface area contributed by atoms with Gasteiger partial charge in [0.2, 0.25) is 0 Å². The second-order valence-corrected chi connectivity index (χ2v) is 7.37. The van der Waals surface area contributed by atoms with Gasteiger partial charge in [0.25, 0.3) is 5.56 Å². The summed E-state index contributed by atoms with van der Waals surface area (Å²) in [5.74, 6) is 0.746. The first-order valence-electron chi connectivity index (χ1n) is 10.1. The Labute approximate surface area is 179 Å². The van der Waals surface area contributed by atoms with E-state index < -0.39 is 0 Å². The first kappa shape index (κ1) is 18.9. The van der Waals surface area contributed by atoms with Crippen LogP contribution in [0.3, 0.4) is 0 Å². The molecule has 1 N–H and O–H groups in total. The Balaban J connectivity index is 1.82. The van der Waals surface area contributed by atoms with Crippen molar-refractivity contribution in [2.75, 3.05) is 7.11 Å². The van der Waals surface area contributed by atoms with Crippen LogP contribution >= 0.6 is 0 Å². The third kappa shape index (κ3) is 3.20. The van der Waals surface area contributed by atoms with E-state index in [4.69, 9.17) is 9.84 Å². The minimum absolute atomic E-state index is 0.157. The molecule has 0 unspecified atom stereocenters. The van der Waals surface area contributed by atoms with Crippen LogP contribution in [0.5, 0.6) is 5.75 Å². The molecule has 3 aromatic carbocycles. The van der Waals surface area contributed by atoms with E-state index >= 15 is 0 Å². The van der Waals surface area contributed by atoms with E-state index in [-0.39, 0.29) is 5.56 Å². The largest absolute Gasteiger partial charge is 0.497 e. The molecule has 0 atom stereocenters. The molecule has 5 rings (SSSR count). The number of nitrogens with zero attached hydrogens (tertiary/aromatic N) is 2. The standard InChI is InChI=1S/C26H21N3O2/c1-17-22(19-13-15-21(31-2)16-14-19)26(30)29-25(27-17)23(18-9-5-3-6-10-18)24(28-29)20-11-7-4-8-12-20/h3-16,27H,1-2H3. The van der Waals surface area contributed by atoms with Crippen LogP contribution in [-0.2, 0) is 0 Å². The van der Waals surface area contributed by atoms with E-state index in [1.165, 1.54) is 4.52 Å². The summed E-state index contributed by atoms with van der Waals surface area (Å²) >= 11 is 0. The number of aromatic nitrogens is 3. The van der Waals surface area contributed by atoms with Gasteiger partial charge in [0.05, 0.1) is 18.2 Å². The Morgan fingerprint density at radius 3 is 1.97 bits per heavy atom. The molecule has 31 heavy (non-hydrogen) atoms. The number of rotatable bonds is 4. The Morgan fingerprint density at radius 1 is 0.774 bits per heavy atom. The molecular weight excluding hydrogens is 386 g/mol. The molecule has 5 nitrogen and oxygen atoms in total. The van der Waals surface area contributed by atoms with Crippen LogP contribution in [0.15, 0.2) is 89.7 Å². The molecule has 0 radical (unpaired) electrons. The minimum Gasteiger partial charge on any atom is -0.497 e. The number of benzene rings is 3. The molecule has 5 aromatic rings. The molecule has 0 aliphatic rings. The number of fused-ring (bicyclic) bond motifs is 1. The Hall–Kier alpha value is -4.12. The number of H-pyrrole nitrogens is 1. The summed E-state index contributed by atoms with van der Waals surface area (Å²) in [6.45, 7) is 1.92. The minimum atomic E-state index is -0.157. The van der Waals surface area contributed by atoms with Crippen molar-refractivity contribution < 1.29 is 4.74 Å². The van der Waals surface area contributed by atoms with Gasteiger partial charge in [-0.2, -0.15) is 9.61 Å². The van der Waals surface area contributed by atoms with Gasteiger partial charge < -0.3 is 9.72 Å². The summed E-state index contributed by atoms with van der Waals surface area (Å²) in [5.41, 5.74) is 6.38. The van der Waals surface area contributed by atoms with Crippen LogP contribution in [0.1, 0.15) is 5.69 Å². The molecule has 0 saturated heterocycles. The summed E-state index contributed by atoms with van der Waals surface area (Å²) in [6.07, 6.45) is 0. The van der Waals surface area contributed by atoms with Crippen LogP contribution in [0.4, 0.5) is 0 Å². The fourth-order valence-electron chi connectivity index (χ4n) is 3.96. The summed E-state index contributed by atoms with van der Waals surface area (Å²) in [6, 6.07) is 27.5. The van der Waals surface area contributed by atoms with Crippen LogP contribution in [0, 0.1) is 6.92 Å². The molecule has 0 aliphatic heterocycles. The van der Waals surface area contributed by atoms with E-state index in [1.54, 1.807) is 7.11 Å². The van der Waals surface area contributed by atoms with Gasteiger partial charge in [-0.3, -0.25) is 4.79 Å². The lowest BCUT2D eigenvalue weighted by molar-refractivity contribution is 0.415. The van der Waals surface area contributed by atoms with Crippen LogP contribution in [0.25, 0.3) is 39.2 Å². The highest BCUT2D eigenvalue weighted by atomic mass is 16.5. The van der Waals surface area contributed by atoms with Crippen LogP contribution in [0.2, 0.25) is 0 Å². The number of aryl methyl sites for hydroxylation is 1. The first-order chi connectivity index (χ1) is 15.2. The molecule has 5 heteroatoms. The lowest BCUT2D eigenvalue weighted by Gasteiger charge is -2.09. The molecule has 0 fully saturated rings. The lowest BCUT2D eigenvalue weighted by Crippen LogP contribution is -2.19. The highest BCUT2D eigenvalue weighted by molar-refractivity contribution is 5.91. The molecule has 0 saturated carbocycles. The van der Waals surface area contributed by atoms with E-state index in [2.05, 4.69) is 4.98 Å². The number of nitrogens with one attached hydrogen (secondary N) is 1. The summed E-state index contributed by atoms with van der Waals surface area (Å²) in [4.78, 5) is 17.0. The van der Waals surface area contributed by atoms with Crippen molar-refractivity contribution in [1.29, 1.82) is 0 Å². The van der Waals surface area contributed by atoms with Gasteiger partial charge in [-0.05, 0) is 30.2 Å². The van der Waals surface area contributed by atoms with E-state index in [0.29, 0.717) is 11.2 Å². The Kier molecular flexibility index (Phi) is 4.64. The van der Waals surface area contributed by atoms with Gasteiger partial charge in [-0.1, -0.05) is 72.8 Å². The summed E-state index contributed by atoms with van der Waals surface area (Å²) < 4.78 is 6.73. The van der Waals surface area contributed by atoms with Gasteiger partial charge in [0.15, 0.2) is 0 Å². The van der Waals surface area contributed by atoms with Crippen molar-refractivity contribution in [2.24, 2.45) is 0 Å². The van der Waals surface area contributed by atoms with Gasteiger partial charge in [0, 0.05) is 11.3 Å². The number of ether oxygens (including phenoxy) is 1. The van der Waals surface area contributed by atoms with Crippen LogP contribution < -0.4 is 10.3 Å². The quantitative estimate of drug-likeness (QED) is 0.437. The zero-order valence-corrected chi connectivity index (χ0v) is 17.3. The fourth-order valence-corrected chi connectivity index (χ4v) is 3.96. The summed E-state index contributed by atoms with van der Waals surface area (Å²) in [7, 11) is 1.62. The number of aromatic amines is 1. The third-order valence-electron chi connectivity index (χ3n) is 5.46. The van der Waals surface area contributed by atoms with Gasteiger partial charge in [-0.15, -0.1) is 0 Å². The van der Waals surface area contributed by atoms with Crippen molar-refractivity contribution in [1.82, 2.24) is 14.6 Å². The molecule has 2 heterocycles. The Morgan fingerprint density at radius 2 is 1.35 bits per heavy atom. The van der Waals surface area contributed by atoms with Crippen molar-refractivity contribution in [3.63, 3.8) is 0 Å². The highest BCUT2D eigenvalue weighted by Gasteiger charge is 2.21. The monoisotopic (exact) mass is 407 g/mol. The zero-order chi connectivity index (χ0) is 21.4. The second kappa shape index (κ2) is 7.61. The number of hydrogen-bond donors (Lipinski definition) is 1. The first-order valence-corrected chi connectivity index (χ1v) is 10.1. The molecule has 0 amide bonds. The van der Waals surface area contributed by atoms with E-state index in [1.807, 2.05) is 91.9 Å². The van der Waals surface area contributed by atoms with Crippen LogP contribution in [-0.4, -0.2) is 21.7 Å². The van der Waals surface area contributed by atoms with Crippen molar-refractivity contribution in [3.8, 4) is 39.3 Å². The molecule has 0 aliphatic carbocycles. The van der Waals surface area contributed by atoms with Crippen molar-refractivity contribution in [2.45, 2.75) is 6.92 Å². The molecule has 0 spiro atoms. The number of methoxy groups -OCH3 is 1. The molecular formula is C26H21N3O2. The molecule has 152 valence electrons. The number of hydrogen-bond acceptors (Lipinski definition) is 3. The second-order valence-electron chi connectivity index (χ2n) is 7.37. The summed E-state index contributed by atoms with van der Waals surface area (Å²) in [5, 5.41) is 4.77. The van der Waals surface area contributed by atoms with Gasteiger partial charge >= 0.3 is 0 Å².